The first-order chi connectivity index (χ1) is 12.3. The molecule has 2 aliphatic rings. The van der Waals surface area contributed by atoms with Crippen molar-refractivity contribution in [3.05, 3.63) is 29.8 Å². The van der Waals surface area contributed by atoms with Gasteiger partial charge in [0.25, 0.3) is 0 Å². The number of nitriles is 3. The van der Waals surface area contributed by atoms with E-state index in [1.165, 1.54) is 14.0 Å². The number of benzene rings is 1. The summed E-state index contributed by atoms with van der Waals surface area (Å²) in [7, 11) is 1.52. The summed E-state index contributed by atoms with van der Waals surface area (Å²) in [6, 6.07) is 12.6. The first-order valence-electron chi connectivity index (χ1n) is 8.21. The van der Waals surface area contributed by atoms with Crippen LogP contribution >= 0.6 is 0 Å². The quantitative estimate of drug-likeness (QED) is 0.830. The van der Waals surface area contributed by atoms with Gasteiger partial charge in [-0.1, -0.05) is 26.0 Å². The highest BCUT2D eigenvalue weighted by atomic mass is 16.5. The molecule has 0 aromatic heterocycles. The molecule has 132 valence electrons. The molecule has 26 heavy (non-hydrogen) atoms. The third kappa shape index (κ3) is 1.70. The van der Waals surface area contributed by atoms with E-state index in [2.05, 4.69) is 5.32 Å². The van der Waals surface area contributed by atoms with Crippen molar-refractivity contribution >= 4 is 5.91 Å². The minimum absolute atomic E-state index is 0.586. The van der Waals surface area contributed by atoms with Crippen LogP contribution in [0.15, 0.2) is 24.3 Å². The number of rotatable bonds is 2. The van der Waals surface area contributed by atoms with Crippen molar-refractivity contribution in [3.8, 4) is 24.0 Å². The monoisotopic (exact) mass is 350 g/mol. The zero-order chi connectivity index (χ0) is 19.3. The normalized spacial score (nSPS) is 37.0. The molecule has 1 amide bonds. The Morgan fingerprint density at radius 3 is 2.15 bits per heavy atom. The van der Waals surface area contributed by atoms with Gasteiger partial charge in [0.2, 0.25) is 5.91 Å². The summed E-state index contributed by atoms with van der Waals surface area (Å²) in [6.07, 6.45) is 0. The van der Waals surface area contributed by atoms with E-state index in [4.69, 9.17) is 4.74 Å². The molecule has 0 radical (unpaired) electrons. The van der Waals surface area contributed by atoms with Gasteiger partial charge in [0, 0.05) is 17.8 Å². The highest BCUT2D eigenvalue weighted by molar-refractivity contribution is 5.92. The number of hydrogen-bond donors (Lipinski definition) is 2. The highest BCUT2D eigenvalue weighted by Gasteiger charge is 2.79. The van der Waals surface area contributed by atoms with Gasteiger partial charge in [0.05, 0.1) is 25.3 Å². The Hall–Kier alpha value is -3.08. The molecule has 1 heterocycles. The second-order valence-corrected chi connectivity index (χ2v) is 6.99. The van der Waals surface area contributed by atoms with Crippen LogP contribution in [-0.4, -0.2) is 23.8 Å². The fourth-order valence-electron chi connectivity index (χ4n) is 4.74. The summed E-state index contributed by atoms with van der Waals surface area (Å²) < 4.78 is 5.14. The number of carbonyl (C=O) groups is 1. The minimum Gasteiger partial charge on any atom is -0.497 e. The van der Waals surface area contributed by atoms with Crippen LogP contribution in [0.2, 0.25) is 0 Å². The van der Waals surface area contributed by atoms with Gasteiger partial charge in [-0.25, -0.2) is 0 Å². The molecule has 1 aromatic rings. The number of ether oxygens (including phenoxy) is 1. The lowest BCUT2D eigenvalue weighted by Gasteiger charge is -2.51. The van der Waals surface area contributed by atoms with Gasteiger partial charge < -0.3 is 15.2 Å². The van der Waals surface area contributed by atoms with E-state index in [1.807, 2.05) is 18.2 Å². The van der Waals surface area contributed by atoms with Crippen LogP contribution in [0.5, 0.6) is 5.75 Å². The Balaban J connectivity index is 2.33. The average Bonchev–Trinajstić information content (AvgIpc) is 2.83. The number of amides is 1. The van der Waals surface area contributed by atoms with Gasteiger partial charge >= 0.3 is 0 Å². The molecule has 1 saturated carbocycles. The lowest BCUT2D eigenvalue weighted by molar-refractivity contribution is -0.135. The van der Waals surface area contributed by atoms with Crippen LogP contribution in [-0.2, 0) is 4.79 Å². The van der Waals surface area contributed by atoms with Gasteiger partial charge in [-0.2, -0.15) is 15.8 Å². The molecule has 2 fully saturated rings. The van der Waals surface area contributed by atoms with Gasteiger partial charge in [-0.15, -0.1) is 0 Å². The average molecular weight is 350 g/mol. The van der Waals surface area contributed by atoms with Crippen molar-refractivity contribution in [2.24, 2.45) is 22.7 Å². The molecule has 1 saturated heterocycles. The molecule has 5 atom stereocenters. The Kier molecular flexibility index (Phi) is 3.72. The fraction of sp³-hybridized carbons (Fsp3) is 0.474. The van der Waals surface area contributed by atoms with Crippen LogP contribution in [0.3, 0.4) is 0 Å². The van der Waals surface area contributed by atoms with Crippen molar-refractivity contribution in [2.75, 3.05) is 7.11 Å². The Morgan fingerprint density at radius 1 is 1.12 bits per heavy atom. The number of carbonyl (C=O) groups excluding carboxylic acids is 1. The summed E-state index contributed by atoms with van der Waals surface area (Å²) in [5, 5.41) is 43.6. The minimum atomic E-state index is -1.97. The van der Waals surface area contributed by atoms with Crippen LogP contribution in [0.25, 0.3) is 0 Å². The van der Waals surface area contributed by atoms with Crippen LogP contribution in [0.4, 0.5) is 0 Å². The molecule has 0 spiro atoms. The molecule has 7 nitrogen and oxygen atoms in total. The second-order valence-electron chi connectivity index (χ2n) is 6.99. The summed E-state index contributed by atoms with van der Waals surface area (Å²) >= 11 is 0. The third-order valence-electron chi connectivity index (χ3n) is 6.27. The van der Waals surface area contributed by atoms with Crippen molar-refractivity contribution in [1.29, 1.82) is 15.8 Å². The molecule has 0 unspecified atom stereocenters. The number of aliphatic hydroxyl groups is 1. The SMILES string of the molecule is COc1ccc([C@H]2[C@H](C)[C@]3(O)NC(=O)[C@@](C#N)([C@H]3C)C2(C#N)C#N)cc1. The predicted molar refractivity (Wildman–Crippen MR) is 88.9 cm³/mol. The Morgan fingerprint density at radius 2 is 1.69 bits per heavy atom. The second kappa shape index (κ2) is 5.46. The topological polar surface area (TPSA) is 130 Å². The van der Waals surface area contributed by atoms with Gasteiger partial charge in [0.1, 0.15) is 11.5 Å². The van der Waals surface area contributed by atoms with Crippen LogP contribution in [0.1, 0.15) is 25.3 Å². The highest BCUT2D eigenvalue weighted by Crippen LogP contribution is 2.66. The van der Waals surface area contributed by atoms with E-state index in [9.17, 15) is 25.7 Å². The molecule has 2 N–H and O–H groups in total. The van der Waals surface area contributed by atoms with Crippen molar-refractivity contribution in [1.82, 2.24) is 5.32 Å². The van der Waals surface area contributed by atoms with E-state index in [0.29, 0.717) is 11.3 Å². The van der Waals surface area contributed by atoms with E-state index in [1.54, 1.807) is 31.2 Å². The van der Waals surface area contributed by atoms with E-state index in [0.717, 1.165) is 0 Å². The summed E-state index contributed by atoms with van der Waals surface area (Å²) in [5.74, 6) is -2.62. The fourth-order valence-corrected chi connectivity index (χ4v) is 4.74. The Bertz CT molecular complexity index is 877. The van der Waals surface area contributed by atoms with Crippen LogP contribution < -0.4 is 10.1 Å². The largest absolute Gasteiger partial charge is 0.497 e. The lowest BCUT2D eigenvalue weighted by Crippen LogP contribution is -2.62. The number of nitrogens with zero attached hydrogens (tertiary/aromatic N) is 3. The summed E-state index contributed by atoms with van der Waals surface area (Å²) in [6.45, 7) is 3.22. The molecule has 2 bridgehead atoms. The molecule has 1 aromatic carbocycles. The smallest absolute Gasteiger partial charge is 0.245 e. The maximum absolute atomic E-state index is 12.8. The van der Waals surface area contributed by atoms with E-state index < -0.39 is 40.2 Å². The number of methoxy groups -OCH3 is 1. The molecule has 7 heteroatoms. The summed E-state index contributed by atoms with van der Waals surface area (Å²) in [5.41, 5.74) is -5.01. The maximum atomic E-state index is 12.8. The van der Waals surface area contributed by atoms with Crippen molar-refractivity contribution in [3.63, 3.8) is 0 Å². The zero-order valence-corrected chi connectivity index (χ0v) is 14.6. The molecule has 3 rings (SSSR count). The predicted octanol–water partition coefficient (Wildman–Crippen LogP) is 1.43. The summed E-state index contributed by atoms with van der Waals surface area (Å²) in [4.78, 5) is 12.8. The van der Waals surface area contributed by atoms with E-state index in [-0.39, 0.29) is 0 Å². The first-order valence-corrected chi connectivity index (χ1v) is 8.21. The Labute approximate surface area is 151 Å². The lowest BCUT2D eigenvalue weighted by atomic mass is 9.45. The first kappa shape index (κ1) is 17.7. The third-order valence-corrected chi connectivity index (χ3v) is 6.27. The van der Waals surface area contributed by atoms with Gasteiger partial charge in [-0.3, -0.25) is 4.79 Å². The maximum Gasteiger partial charge on any atom is 0.245 e. The standard InChI is InChI=1S/C19H18N4O3/c1-11-15(13-4-6-14(26-3)7-5-13)17(8-20,9-21)18(10-22)12(2)19(11,25)23-16(18)24/h4-7,11-12,15,25H,1-3H3,(H,23,24)/t11-,12+,15+,18+,19+/m0/s1. The van der Waals surface area contributed by atoms with Gasteiger partial charge in [0.15, 0.2) is 10.8 Å². The van der Waals surface area contributed by atoms with Crippen molar-refractivity contribution in [2.45, 2.75) is 25.5 Å². The number of nitrogens with one attached hydrogen (secondary N) is 1. The number of fused-ring (bicyclic) bond motifs is 2. The molecular weight excluding hydrogens is 332 g/mol. The molecule has 1 aliphatic carbocycles. The number of hydrogen-bond acceptors (Lipinski definition) is 6. The molecule has 1 aliphatic heterocycles. The zero-order valence-electron chi connectivity index (χ0n) is 14.6. The molecular formula is C19H18N4O3. The van der Waals surface area contributed by atoms with Crippen LogP contribution in [0, 0.1) is 56.7 Å². The van der Waals surface area contributed by atoms with Gasteiger partial charge in [-0.05, 0) is 17.7 Å². The van der Waals surface area contributed by atoms with E-state index >= 15 is 0 Å². The van der Waals surface area contributed by atoms with Crippen molar-refractivity contribution < 1.29 is 14.6 Å².